The molecule has 0 saturated heterocycles. The van der Waals surface area contributed by atoms with Crippen LogP contribution in [0, 0.1) is 9.52 Å². The lowest BCUT2D eigenvalue weighted by atomic mass is 9.78. The Morgan fingerprint density at radius 1 is 1.06 bits per heavy atom. The minimum Gasteiger partial charge on any atom is -0.491 e. The van der Waals surface area contributed by atoms with Crippen LogP contribution in [0.25, 0.3) is 0 Å². The fraction of sp³-hybridized carbons (Fsp3) is 0.417. The van der Waals surface area contributed by atoms with Gasteiger partial charge in [0.15, 0.2) is 11.6 Å². The Balaban J connectivity index is 1.61. The summed E-state index contributed by atoms with van der Waals surface area (Å²) in [5, 5.41) is 37.0. The molecule has 0 saturated carbocycles. The molecule has 1 heterocycles. The molecule has 0 bridgehead atoms. The van der Waals surface area contributed by atoms with Gasteiger partial charge in [-0.15, -0.1) is 16.7 Å². The molecule has 190 valence electrons. The Hall–Kier alpha value is -1.99. The topological polar surface area (TPSA) is 110 Å². The van der Waals surface area contributed by atoms with Crippen molar-refractivity contribution in [2.45, 2.75) is 44.6 Å². The number of nitrogens with zero attached hydrogens (tertiary/aromatic N) is 3. The molecule has 0 aliphatic heterocycles. The fourth-order valence-electron chi connectivity index (χ4n) is 3.42. The molecule has 0 radical (unpaired) electrons. The van der Waals surface area contributed by atoms with Gasteiger partial charge in [-0.1, -0.05) is 37.3 Å². The number of aromatic nitrogens is 3. The first-order chi connectivity index (χ1) is 16.6. The number of hydrogen-bond acceptors (Lipinski definition) is 7. The Morgan fingerprint density at radius 2 is 1.71 bits per heavy atom. The fourth-order valence-corrected chi connectivity index (χ4v) is 4.06. The molecule has 8 nitrogen and oxygen atoms in total. The zero-order valence-electron chi connectivity index (χ0n) is 19.4. The second-order valence-electron chi connectivity index (χ2n) is 8.55. The van der Waals surface area contributed by atoms with E-state index in [2.05, 4.69) is 10.3 Å². The SMILES string of the molecule is CC(C)(c1ccc(OCC(O)Cn2nnc(I)c2CO)cc1)c1ccc(OCC(O)CCl)c(F)c1. The monoisotopic (exact) mass is 619 g/mol. The number of aliphatic hydroxyl groups excluding tert-OH is 3. The summed E-state index contributed by atoms with van der Waals surface area (Å²) in [6.45, 7) is 3.85. The highest BCUT2D eigenvalue weighted by Gasteiger charge is 2.25. The van der Waals surface area contributed by atoms with Gasteiger partial charge < -0.3 is 24.8 Å². The highest BCUT2D eigenvalue weighted by molar-refractivity contribution is 14.1. The van der Waals surface area contributed by atoms with Gasteiger partial charge in [0.1, 0.15) is 34.9 Å². The summed E-state index contributed by atoms with van der Waals surface area (Å²) in [7, 11) is 0. The quantitative estimate of drug-likeness (QED) is 0.211. The van der Waals surface area contributed by atoms with E-state index >= 15 is 0 Å². The van der Waals surface area contributed by atoms with Crippen molar-refractivity contribution in [3.8, 4) is 11.5 Å². The number of hydrogen-bond donors (Lipinski definition) is 3. The van der Waals surface area contributed by atoms with E-state index in [9.17, 15) is 19.7 Å². The van der Waals surface area contributed by atoms with Gasteiger partial charge in [-0.3, -0.25) is 0 Å². The molecule has 3 rings (SSSR count). The molecule has 0 aliphatic rings. The number of aliphatic hydroxyl groups is 3. The van der Waals surface area contributed by atoms with Crippen molar-refractivity contribution >= 4 is 34.2 Å². The van der Waals surface area contributed by atoms with E-state index < -0.39 is 23.4 Å². The van der Waals surface area contributed by atoms with E-state index in [0.29, 0.717) is 15.1 Å². The van der Waals surface area contributed by atoms with Gasteiger partial charge >= 0.3 is 0 Å². The van der Waals surface area contributed by atoms with Gasteiger partial charge in [-0.2, -0.15) is 0 Å². The lowest BCUT2D eigenvalue weighted by molar-refractivity contribution is 0.0866. The summed E-state index contributed by atoms with van der Waals surface area (Å²) < 4.78 is 27.6. The van der Waals surface area contributed by atoms with Gasteiger partial charge in [0.2, 0.25) is 0 Å². The van der Waals surface area contributed by atoms with Crippen LogP contribution in [-0.2, 0) is 18.6 Å². The van der Waals surface area contributed by atoms with E-state index in [0.717, 1.165) is 11.1 Å². The number of rotatable bonds is 12. The lowest BCUT2D eigenvalue weighted by Crippen LogP contribution is -2.25. The molecule has 1 aromatic heterocycles. The van der Waals surface area contributed by atoms with E-state index in [-0.39, 0.29) is 38.0 Å². The Morgan fingerprint density at radius 3 is 2.34 bits per heavy atom. The van der Waals surface area contributed by atoms with Crippen LogP contribution >= 0.6 is 34.2 Å². The maximum absolute atomic E-state index is 14.6. The Labute approximate surface area is 221 Å². The number of halogens is 3. The van der Waals surface area contributed by atoms with Crippen LogP contribution in [-0.4, -0.2) is 61.6 Å². The standard InChI is InChI=1S/C24H28ClFIN3O5/c1-24(2,16-5-8-22(20(26)9-16)35-13-17(32)10-25)15-3-6-19(7-4-15)34-14-18(33)11-30-21(12-31)23(27)28-29-30/h3-9,17-18,31-33H,10-14H2,1-2H3. The first kappa shape index (κ1) is 27.6. The van der Waals surface area contributed by atoms with Crippen molar-refractivity contribution in [3.05, 3.63) is 68.8 Å². The first-order valence-electron chi connectivity index (χ1n) is 10.9. The second-order valence-corrected chi connectivity index (χ2v) is 9.88. The molecule has 2 unspecified atom stereocenters. The normalized spacial score (nSPS) is 13.5. The van der Waals surface area contributed by atoms with Crippen LogP contribution in [0.1, 0.15) is 30.7 Å². The highest BCUT2D eigenvalue weighted by Crippen LogP contribution is 2.34. The summed E-state index contributed by atoms with van der Waals surface area (Å²) in [6, 6.07) is 12.1. The predicted octanol–water partition coefficient (Wildman–Crippen LogP) is 3.26. The third-order valence-electron chi connectivity index (χ3n) is 5.60. The molecule has 0 fully saturated rings. The third-order valence-corrected chi connectivity index (χ3v) is 6.80. The summed E-state index contributed by atoms with van der Waals surface area (Å²) in [5.74, 6) is 0.129. The van der Waals surface area contributed by atoms with Gasteiger partial charge in [0.05, 0.1) is 24.7 Å². The molecule has 0 aliphatic carbocycles. The minimum atomic E-state index is -0.863. The van der Waals surface area contributed by atoms with Crippen molar-refractivity contribution in [2.75, 3.05) is 19.1 Å². The van der Waals surface area contributed by atoms with Crippen molar-refractivity contribution in [1.82, 2.24) is 15.0 Å². The average Bonchev–Trinajstić information content (AvgIpc) is 3.20. The molecule has 0 amide bonds. The van der Waals surface area contributed by atoms with Crippen LogP contribution in [0.2, 0.25) is 0 Å². The lowest BCUT2D eigenvalue weighted by Gasteiger charge is -2.27. The maximum atomic E-state index is 14.6. The van der Waals surface area contributed by atoms with E-state index in [1.165, 1.54) is 10.7 Å². The molecule has 3 aromatic rings. The van der Waals surface area contributed by atoms with E-state index in [1.807, 2.05) is 48.6 Å². The summed E-state index contributed by atoms with van der Waals surface area (Å²) in [6.07, 6.45) is -1.71. The number of alkyl halides is 1. The number of ether oxygens (including phenoxy) is 2. The molecule has 2 aromatic carbocycles. The Bertz CT molecular complexity index is 1110. The molecule has 3 N–H and O–H groups in total. The van der Waals surface area contributed by atoms with Crippen molar-refractivity contribution in [1.29, 1.82) is 0 Å². The third kappa shape index (κ3) is 7.04. The van der Waals surface area contributed by atoms with Crippen LogP contribution < -0.4 is 9.47 Å². The Kier molecular flexibility index (Phi) is 9.70. The summed E-state index contributed by atoms with van der Waals surface area (Å²) in [5.41, 5.74) is 1.74. The second kappa shape index (κ2) is 12.3. The van der Waals surface area contributed by atoms with Crippen molar-refractivity contribution < 1.29 is 29.2 Å². The van der Waals surface area contributed by atoms with E-state index in [4.69, 9.17) is 21.1 Å². The molecule has 0 spiro atoms. The van der Waals surface area contributed by atoms with Gasteiger partial charge in [-0.05, 0) is 58.0 Å². The maximum Gasteiger partial charge on any atom is 0.165 e. The molecule has 35 heavy (non-hydrogen) atoms. The summed E-state index contributed by atoms with van der Waals surface area (Å²) >= 11 is 7.52. The van der Waals surface area contributed by atoms with Gasteiger partial charge in [0.25, 0.3) is 0 Å². The zero-order valence-corrected chi connectivity index (χ0v) is 22.3. The average molecular weight is 620 g/mol. The van der Waals surface area contributed by atoms with Crippen LogP contribution in [0.5, 0.6) is 11.5 Å². The molecule has 11 heteroatoms. The number of benzene rings is 2. The van der Waals surface area contributed by atoms with Gasteiger partial charge in [-0.25, -0.2) is 9.07 Å². The van der Waals surface area contributed by atoms with Crippen LogP contribution in [0.4, 0.5) is 4.39 Å². The first-order valence-corrected chi connectivity index (χ1v) is 12.5. The van der Waals surface area contributed by atoms with Crippen LogP contribution in [0.15, 0.2) is 42.5 Å². The molecule has 2 atom stereocenters. The van der Waals surface area contributed by atoms with Crippen LogP contribution in [0.3, 0.4) is 0 Å². The smallest absolute Gasteiger partial charge is 0.165 e. The zero-order chi connectivity index (χ0) is 25.6. The summed E-state index contributed by atoms with van der Waals surface area (Å²) in [4.78, 5) is 0. The van der Waals surface area contributed by atoms with Crippen molar-refractivity contribution in [3.63, 3.8) is 0 Å². The molecular formula is C24H28ClFIN3O5. The largest absolute Gasteiger partial charge is 0.491 e. The van der Waals surface area contributed by atoms with Crippen molar-refractivity contribution in [2.24, 2.45) is 0 Å². The highest BCUT2D eigenvalue weighted by atomic mass is 127. The molecular weight excluding hydrogens is 592 g/mol. The predicted molar refractivity (Wildman–Crippen MR) is 137 cm³/mol. The minimum absolute atomic E-state index is 0.0112. The van der Waals surface area contributed by atoms with Gasteiger partial charge in [0, 0.05) is 5.41 Å². The van der Waals surface area contributed by atoms with E-state index in [1.54, 1.807) is 24.3 Å².